The number of nitrogens with zero attached hydrogens (tertiary/aromatic N) is 1. The lowest BCUT2D eigenvalue weighted by Crippen LogP contribution is -2.38. The minimum atomic E-state index is -0.393. The molecule has 5 heteroatoms. The van der Waals surface area contributed by atoms with Crippen molar-refractivity contribution in [2.24, 2.45) is 22.7 Å². The summed E-state index contributed by atoms with van der Waals surface area (Å²) in [7, 11) is 0. The first kappa shape index (κ1) is 13.4. The lowest BCUT2D eigenvalue weighted by Gasteiger charge is -2.23. The van der Waals surface area contributed by atoms with Gasteiger partial charge in [0.05, 0.1) is 12.1 Å². The number of thioether (sulfide) groups is 1. The van der Waals surface area contributed by atoms with E-state index in [1.165, 1.54) is 0 Å². The Morgan fingerprint density at radius 3 is 2.58 bits per heavy atom. The monoisotopic (exact) mass is 282 g/mol. The number of aliphatic hydroxyl groups is 1. The zero-order valence-electron chi connectivity index (χ0n) is 11.7. The smallest absolute Gasteiger partial charge is 0.242 e. The highest BCUT2D eigenvalue weighted by Crippen LogP contribution is 2.47. The van der Waals surface area contributed by atoms with Crippen LogP contribution in [0.3, 0.4) is 0 Å². The van der Waals surface area contributed by atoms with Gasteiger partial charge in [0.2, 0.25) is 5.91 Å². The first-order valence-corrected chi connectivity index (χ1v) is 7.98. The van der Waals surface area contributed by atoms with Gasteiger partial charge in [-0.25, -0.2) is 0 Å². The summed E-state index contributed by atoms with van der Waals surface area (Å²) in [4.78, 5) is 16.8. The molecule has 1 amide bonds. The van der Waals surface area contributed by atoms with E-state index in [2.05, 4.69) is 19.2 Å². The zero-order valence-corrected chi connectivity index (χ0v) is 12.5. The molecule has 0 radical (unpaired) electrons. The molecular weight excluding hydrogens is 260 g/mol. The van der Waals surface area contributed by atoms with Gasteiger partial charge in [0.25, 0.3) is 0 Å². The minimum absolute atomic E-state index is 0.0782. The standard InChI is InChI=1S/C14H22N2O2S/c1-7(2)14(3)12(18)16-13(19-14)15-10-5-9-4-8(10)6-11(9)17/h7-11,17H,4-6H2,1-3H3,(H,15,16,18)/t8-,9+,10-,11?,14+/m1/s1. The number of aliphatic hydroxyl groups excluding tert-OH is 1. The van der Waals surface area contributed by atoms with E-state index in [0.29, 0.717) is 17.9 Å². The van der Waals surface area contributed by atoms with Gasteiger partial charge in [-0.15, -0.1) is 0 Å². The second kappa shape index (κ2) is 4.48. The van der Waals surface area contributed by atoms with Gasteiger partial charge in [-0.2, -0.15) is 0 Å². The van der Waals surface area contributed by atoms with Gasteiger partial charge in [-0.05, 0) is 43.9 Å². The number of hydrogen-bond donors (Lipinski definition) is 2. The van der Waals surface area contributed by atoms with Crippen LogP contribution >= 0.6 is 11.8 Å². The highest BCUT2D eigenvalue weighted by Gasteiger charge is 2.48. The summed E-state index contributed by atoms with van der Waals surface area (Å²) in [6.45, 7) is 6.14. The normalized spacial score (nSPS) is 47.4. The number of fused-ring (bicyclic) bond motifs is 2. The summed E-state index contributed by atoms with van der Waals surface area (Å²) in [6, 6.07) is 0.297. The molecule has 19 heavy (non-hydrogen) atoms. The SMILES string of the molecule is CC(C)[C@]1(C)SC(=N[C@@H]2C[C@@H]3C[C@@H]2CC3O)NC1=O. The molecule has 1 saturated heterocycles. The fourth-order valence-corrected chi connectivity index (χ4v) is 4.57. The van der Waals surface area contributed by atoms with Crippen molar-refractivity contribution in [1.29, 1.82) is 0 Å². The van der Waals surface area contributed by atoms with Crippen molar-refractivity contribution in [1.82, 2.24) is 5.32 Å². The molecule has 3 fully saturated rings. The summed E-state index contributed by atoms with van der Waals surface area (Å²) in [5, 5.41) is 13.5. The van der Waals surface area contributed by atoms with Crippen LogP contribution in [0.1, 0.15) is 40.0 Å². The quantitative estimate of drug-likeness (QED) is 0.811. The van der Waals surface area contributed by atoms with Crippen LogP contribution in [0.25, 0.3) is 0 Å². The molecule has 1 heterocycles. The maximum Gasteiger partial charge on any atom is 0.242 e. The van der Waals surface area contributed by atoms with Gasteiger partial charge >= 0.3 is 0 Å². The molecule has 2 saturated carbocycles. The third-order valence-electron chi connectivity index (χ3n) is 5.15. The van der Waals surface area contributed by atoms with Crippen LogP contribution in [-0.4, -0.2) is 33.1 Å². The number of carbonyl (C=O) groups excluding carboxylic acids is 1. The summed E-state index contributed by atoms with van der Waals surface area (Å²) in [6.07, 6.45) is 2.84. The van der Waals surface area contributed by atoms with Crippen LogP contribution in [0.4, 0.5) is 0 Å². The molecule has 3 aliphatic rings. The molecule has 0 aromatic heterocycles. The molecule has 1 unspecified atom stereocenters. The predicted octanol–water partition coefficient (Wildman–Crippen LogP) is 1.78. The number of amidine groups is 1. The Hall–Kier alpha value is -0.550. The van der Waals surface area contributed by atoms with E-state index < -0.39 is 4.75 Å². The molecule has 2 N–H and O–H groups in total. The number of nitrogens with one attached hydrogen (secondary N) is 1. The van der Waals surface area contributed by atoms with E-state index in [-0.39, 0.29) is 17.9 Å². The van der Waals surface area contributed by atoms with Crippen LogP contribution in [0.5, 0.6) is 0 Å². The fourth-order valence-electron chi connectivity index (χ4n) is 3.46. The van der Waals surface area contributed by atoms with Crippen LogP contribution < -0.4 is 5.32 Å². The summed E-state index contributed by atoms with van der Waals surface area (Å²) in [5.74, 6) is 1.30. The molecular formula is C14H22N2O2S. The number of rotatable bonds is 2. The summed E-state index contributed by atoms with van der Waals surface area (Å²) in [5.41, 5.74) is 0. The third kappa shape index (κ3) is 2.11. The molecule has 0 spiro atoms. The van der Waals surface area contributed by atoms with Crippen molar-refractivity contribution >= 4 is 22.8 Å². The molecule has 3 rings (SSSR count). The largest absolute Gasteiger partial charge is 0.393 e. The molecule has 2 aliphatic carbocycles. The average molecular weight is 282 g/mol. The first-order valence-electron chi connectivity index (χ1n) is 7.16. The van der Waals surface area contributed by atoms with Gasteiger partial charge in [0.1, 0.15) is 4.75 Å². The van der Waals surface area contributed by atoms with Crippen LogP contribution in [-0.2, 0) is 4.79 Å². The van der Waals surface area contributed by atoms with Crippen molar-refractivity contribution in [3.63, 3.8) is 0 Å². The lowest BCUT2D eigenvalue weighted by molar-refractivity contribution is -0.122. The van der Waals surface area contributed by atoms with Crippen LogP contribution in [0.15, 0.2) is 4.99 Å². The Labute approximate surface area is 118 Å². The number of aliphatic imine (C=N–C) groups is 1. The Kier molecular flexibility index (Phi) is 3.17. The first-order chi connectivity index (χ1) is 8.90. The zero-order chi connectivity index (χ0) is 13.8. The Morgan fingerprint density at radius 2 is 2.11 bits per heavy atom. The number of amides is 1. The predicted molar refractivity (Wildman–Crippen MR) is 77.0 cm³/mol. The van der Waals surface area contributed by atoms with Crippen LogP contribution in [0, 0.1) is 17.8 Å². The Morgan fingerprint density at radius 1 is 1.37 bits per heavy atom. The Balaban J connectivity index is 1.72. The van der Waals surface area contributed by atoms with Crippen LogP contribution in [0.2, 0.25) is 0 Å². The minimum Gasteiger partial charge on any atom is -0.393 e. The van der Waals surface area contributed by atoms with Gasteiger partial charge < -0.3 is 10.4 Å². The molecule has 5 atom stereocenters. The van der Waals surface area contributed by atoms with E-state index in [1.54, 1.807) is 11.8 Å². The van der Waals surface area contributed by atoms with E-state index in [9.17, 15) is 9.90 Å². The van der Waals surface area contributed by atoms with E-state index >= 15 is 0 Å². The van der Waals surface area contributed by atoms with Crippen molar-refractivity contribution in [2.75, 3.05) is 0 Å². The molecule has 106 valence electrons. The number of carbonyl (C=O) groups is 1. The van der Waals surface area contributed by atoms with Gasteiger partial charge in [0.15, 0.2) is 5.17 Å². The highest BCUT2D eigenvalue weighted by molar-refractivity contribution is 8.16. The average Bonchev–Trinajstić information content (AvgIpc) is 2.94. The molecule has 2 bridgehead atoms. The maximum absolute atomic E-state index is 12.1. The van der Waals surface area contributed by atoms with Gasteiger partial charge in [0, 0.05) is 0 Å². The molecule has 0 aromatic carbocycles. The number of hydrogen-bond acceptors (Lipinski definition) is 4. The van der Waals surface area contributed by atoms with Gasteiger partial charge in [-0.1, -0.05) is 25.6 Å². The molecule has 4 nitrogen and oxygen atoms in total. The second-order valence-corrected chi connectivity index (χ2v) is 8.05. The maximum atomic E-state index is 12.1. The van der Waals surface area contributed by atoms with Gasteiger partial charge in [-0.3, -0.25) is 9.79 Å². The third-order valence-corrected chi connectivity index (χ3v) is 6.63. The van der Waals surface area contributed by atoms with Crippen molar-refractivity contribution in [3.05, 3.63) is 0 Å². The fraction of sp³-hybridized carbons (Fsp3) is 0.857. The lowest BCUT2D eigenvalue weighted by atomic mass is 9.94. The highest BCUT2D eigenvalue weighted by atomic mass is 32.2. The Bertz CT molecular complexity index is 435. The van der Waals surface area contributed by atoms with Crippen molar-refractivity contribution < 1.29 is 9.90 Å². The molecule has 1 aliphatic heterocycles. The van der Waals surface area contributed by atoms with Crippen molar-refractivity contribution in [3.8, 4) is 0 Å². The van der Waals surface area contributed by atoms with E-state index in [4.69, 9.17) is 4.99 Å². The summed E-state index contributed by atoms with van der Waals surface area (Å²) >= 11 is 1.57. The van der Waals surface area contributed by atoms with E-state index in [0.717, 1.165) is 24.4 Å². The molecule has 0 aromatic rings. The van der Waals surface area contributed by atoms with Crippen molar-refractivity contribution in [2.45, 2.75) is 56.9 Å². The topological polar surface area (TPSA) is 61.7 Å². The van der Waals surface area contributed by atoms with E-state index in [1.807, 2.05) is 6.92 Å². The summed E-state index contributed by atoms with van der Waals surface area (Å²) < 4.78 is -0.393. The second-order valence-electron chi connectivity index (χ2n) is 6.61.